The topological polar surface area (TPSA) is 55.0 Å². The molecule has 1 saturated heterocycles. The van der Waals surface area contributed by atoms with Crippen LogP contribution in [0.1, 0.15) is 43.5 Å². The zero-order valence-electron chi connectivity index (χ0n) is 11.3. The van der Waals surface area contributed by atoms with E-state index in [0.29, 0.717) is 11.9 Å². The van der Waals surface area contributed by atoms with Crippen molar-refractivity contribution in [2.75, 3.05) is 17.2 Å². The van der Waals surface area contributed by atoms with Gasteiger partial charge in [0.2, 0.25) is 0 Å². The first-order valence-electron chi connectivity index (χ1n) is 7.04. The Morgan fingerprint density at radius 1 is 1.11 bits per heavy atom. The van der Waals surface area contributed by atoms with Gasteiger partial charge in [0, 0.05) is 18.2 Å². The number of nitrogen functional groups attached to an aromatic ring is 1. The lowest BCUT2D eigenvalue weighted by atomic mass is 9.85. The summed E-state index contributed by atoms with van der Waals surface area (Å²) < 4.78 is 0. The molecule has 98 valence electrons. The maximum Gasteiger partial charge on any atom is 0.137 e. The van der Waals surface area contributed by atoms with Gasteiger partial charge in [-0.1, -0.05) is 12.8 Å². The molecule has 4 heteroatoms. The highest BCUT2D eigenvalue weighted by Crippen LogP contribution is 2.39. The maximum absolute atomic E-state index is 5.98. The van der Waals surface area contributed by atoms with Gasteiger partial charge in [0.25, 0.3) is 0 Å². The van der Waals surface area contributed by atoms with Crippen LogP contribution in [0.3, 0.4) is 0 Å². The van der Waals surface area contributed by atoms with Crippen molar-refractivity contribution in [3.63, 3.8) is 0 Å². The smallest absolute Gasteiger partial charge is 0.137 e. The van der Waals surface area contributed by atoms with Crippen LogP contribution >= 0.6 is 0 Å². The molecule has 0 aromatic carbocycles. The average Bonchev–Trinajstić information content (AvgIpc) is 2.77. The maximum atomic E-state index is 5.98. The van der Waals surface area contributed by atoms with Gasteiger partial charge in [0.1, 0.15) is 17.5 Å². The molecule has 2 aliphatic rings. The van der Waals surface area contributed by atoms with Crippen LogP contribution in [0.2, 0.25) is 0 Å². The summed E-state index contributed by atoms with van der Waals surface area (Å²) in [6.45, 7) is 5.10. The monoisotopic (exact) mass is 246 g/mol. The van der Waals surface area contributed by atoms with E-state index in [2.05, 4.69) is 14.9 Å². The molecule has 2 fully saturated rings. The van der Waals surface area contributed by atoms with Crippen molar-refractivity contribution in [3.8, 4) is 0 Å². The van der Waals surface area contributed by atoms with Crippen LogP contribution in [0.15, 0.2) is 0 Å². The lowest BCUT2D eigenvalue weighted by Gasteiger charge is -2.33. The molecule has 0 spiro atoms. The molecule has 2 atom stereocenters. The molecule has 1 aromatic heterocycles. The molecule has 2 unspecified atom stereocenters. The molecule has 2 N–H and O–H groups in total. The quantitative estimate of drug-likeness (QED) is 0.827. The summed E-state index contributed by atoms with van der Waals surface area (Å²) in [6.07, 6.45) is 6.77. The van der Waals surface area contributed by atoms with Crippen LogP contribution < -0.4 is 10.6 Å². The van der Waals surface area contributed by atoms with Crippen LogP contribution in [0, 0.1) is 19.8 Å². The van der Waals surface area contributed by atoms with E-state index < -0.39 is 0 Å². The van der Waals surface area contributed by atoms with E-state index in [1.165, 1.54) is 32.1 Å². The van der Waals surface area contributed by atoms with Gasteiger partial charge in [-0.2, -0.15) is 0 Å². The van der Waals surface area contributed by atoms with Crippen molar-refractivity contribution in [3.05, 3.63) is 11.4 Å². The molecular formula is C14H22N4. The lowest BCUT2D eigenvalue weighted by molar-refractivity contribution is 0.341. The summed E-state index contributed by atoms with van der Waals surface area (Å²) in [5.41, 5.74) is 7.03. The van der Waals surface area contributed by atoms with E-state index in [4.69, 9.17) is 5.73 Å². The molecule has 1 aliphatic heterocycles. The molecule has 2 heterocycles. The molecule has 1 aromatic rings. The normalized spacial score (nSPS) is 27.3. The van der Waals surface area contributed by atoms with Gasteiger partial charge in [-0.25, -0.2) is 9.97 Å². The number of aryl methyl sites for hydroxylation is 1. The minimum atomic E-state index is 0.636. The van der Waals surface area contributed by atoms with E-state index in [1.54, 1.807) is 0 Å². The van der Waals surface area contributed by atoms with Gasteiger partial charge in [-0.05, 0) is 39.0 Å². The van der Waals surface area contributed by atoms with Gasteiger partial charge in [-0.15, -0.1) is 0 Å². The molecule has 1 saturated carbocycles. The Morgan fingerprint density at radius 3 is 2.72 bits per heavy atom. The van der Waals surface area contributed by atoms with Gasteiger partial charge >= 0.3 is 0 Å². The Morgan fingerprint density at radius 2 is 1.89 bits per heavy atom. The number of nitrogens with two attached hydrogens (primary N) is 1. The standard InChI is InChI=1S/C14H22N4/c1-9-13(15)16-10(2)17-14(9)18-8-7-11-5-3-4-6-12(11)18/h11-12H,3-8H2,1-2H3,(H2,15,16,17). The Labute approximate surface area is 109 Å². The Hall–Kier alpha value is -1.32. The minimum Gasteiger partial charge on any atom is -0.383 e. The van der Waals surface area contributed by atoms with Crippen molar-refractivity contribution >= 4 is 11.6 Å². The first kappa shape index (κ1) is 11.8. The van der Waals surface area contributed by atoms with Crippen LogP contribution in [0.25, 0.3) is 0 Å². The largest absolute Gasteiger partial charge is 0.383 e. The molecule has 18 heavy (non-hydrogen) atoms. The van der Waals surface area contributed by atoms with Crippen molar-refractivity contribution < 1.29 is 0 Å². The highest BCUT2D eigenvalue weighted by Gasteiger charge is 2.37. The van der Waals surface area contributed by atoms with Gasteiger partial charge < -0.3 is 10.6 Å². The van der Waals surface area contributed by atoms with Crippen LogP contribution in [-0.4, -0.2) is 22.6 Å². The van der Waals surface area contributed by atoms with E-state index in [0.717, 1.165) is 29.7 Å². The second-order valence-electron chi connectivity index (χ2n) is 5.70. The summed E-state index contributed by atoms with van der Waals surface area (Å²) in [4.78, 5) is 11.4. The zero-order valence-corrected chi connectivity index (χ0v) is 11.3. The van der Waals surface area contributed by atoms with E-state index in [9.17, 15) is 0 Å². The SMILES string of the molecule is Cc1nc(N)c(C)c(N2CCC3CCCCC32)n1. The summed E-state index contributed by atoms with van der Waals surface area (Å²) >= 11 is 0. The predicted molar refractivity (Wildman–Crippen MR) is 73.6 cm³/mol. The number of fused-ring (bicyclic) bond motifs is 1. The molecule has 3 rings (SSSR count). The summed E-state index contributed by atoms with van der Waals surface area (Å²) in [5.74, 6) is 3.37. The molecule has 0 bridgehead atoms. The van der Waals surface area contributed by atoms with E-state index in [1.807, 2.05) is 13.8 Å². The van der Waals surface area contributed by atoms with E-state index in [-0.39, 0.29) is 0 Å². The van der Waals surface area contributed by atoms with Crippen LogP contribution in [0.4, 0.5) is 11.6 Å². The number of hydrogen-bond acceptors (Lipinski definition) is 4. The molecule has 1 aliphatic carbocycles. The second kappa shape index (κ2) is 4.41. The second-order valence-corrected chi connectivity index (χ2v) is 5.70. The Bertz CT molecular complexity index is 457. The van der Waals surface area contributed by atoms with E-state index >= 15 is 0 Å². The Kier molecular flexibility index (Phi) is 2.88. The third kappa shape index (κ3) is 1.84. The fourth-order valence-electron chi connectivity index (χ4n) is 3.58. The fourth-order valence-corrected chi connectivity index (χ4v) is 3.58. The highest BCUT2D eigenvalue weighted by atomic mass is 15.2. The lowest BCUT2D eigenvalue weighted by Crippen LogP contribution is -2.36. The van der Waals surface area contributed by atoms with Crippen LogP contribution in [0.5, 0.6) is 0 Å². The molecule has 0 radical (unpaired) electrons. The summed E-state index contributed by atoms with van der Waals surface area (Å²) in [7, 11) is 0. The molecular weight excluding hydrogens is 224 g/mol. The number of aromatic nitrogens is 2. The highest BCUT2D eigenvalue weighted by molar-refractivity contribution is 5.57. The van der Waals surface area contributed by atoms with Crippen molar-refractivity contribution in [1.82, 2.24) is 9.97 Å². The number of hydrogen-bond donors (Lipinski definition) is 1. The predicted octanol–water partition coefficient (Wildman–Crippen LogP) is 2.44. The minimum absolute atomic E-state index is 0.636. The molecule has 4 nitrogen and oxygen atoms in total. The van der Waals surface area contributed by atoms with Gasteiger partial charge in [0.05, 0.1) is 0 Å². The third-order valence-corrected chi connectivity index (χ3v) is 4.55. The van der Waals surface area contributed by atoms with Crippen molar-refractivity contribution in [1.29, 1.82) is 0 Å². The summed E-state index contributed by atoms with van der Waals surface area (Å²) in [5, 5.41) is 0. The molecule has 0 amide bonds. The van der Waals surface area contributed by atoms with Gasteiger partial charge in [0.15, 0.2) is 0 Å². The Balaban J connectivity index is 1.95. The fraction of sp³-hybridized carbons (Fsp3) is 0.714. The first-order chi connectivity index (χ1) is 8.66. The first-order valence-corrected chi connectivity index (χ1v) is 7.04. The van der Waals surface area contributed by atoms with Gasteiger partial charge in [-0.3, -0.25) is 0 Å². The zero-order chi connectivity index (χ0) is 12.7. The van der Waals surface area contributed by atoms with Crippen molar-refractivity contribution in [2.24, 2.45) is 5.92 Å². The number of anilines is 2. The third-order valence-electron chi connectivity index (χ3n) is 4.55. The average molecular weight is 246 g/mol. The number of nitrogens with zero attached hydrogens (tertiary/aromatic N) is 3. The van der Waals surface area contributed by atoms with Crippen molar-refractivity contribution in [2.45, 2.75) is 52.0 Å². The summed E-state index contributed by atoms with van der Waals surface area (Å²) in [6, 6.07) is 0.686. The number of rotatable bonds is 1. The van der Waals surface area contributed by atoms with Crippen LogP contribution in [-0.2, 0) is 0 Å².